The SMILES string of the molecule is N#CC1CN(CCN)CCC12CCC2. The van der Waals surface area contributed by atoms with Gasteiger partial charge in [0, 0.05) is 19.6 Å². The molecule has 1 unspecified atom stereocenters. The van der Waals surface area contributed by atoms with Gasteiger partial charge in [0.25, 0.3) is 0 Å². The topological polar surface area (TPSA) is 53.0 Å². The van der Waals surface area contributed by atoms with E-state index in [1.54, 1.807) is 0 Å². The maximum atomic E-state index is 9.17. The zero-order valence-corrected chi connectivity index (χ0v) is 8.71. The van der Waals surface area contributed by atoms with E-state index in [4.69, 9.17) is 11.0 Å². The largest absolute Gasteiger partial charge is 0.329 e. The van der Waals surface area contributed by atoms with Gasteiger partial charge in [0.05, 0.1) is 12.0 Å². The van der Waals surface area contributed by atoms with E-state index in [9.17, 15) is 0 Å². The fraction of sp³-hybridized carbons (Fsp3) is 0.909. The molecule has 3 heteroatoms. The van der Waals surface area contributed by atoms with Crippen LogP contribution in [-0.4, -0.2) is 31.1 Å². The van der Waals surface area contributed by atoms with E-state index in [1.165, 1.54) is 25.7 Å². The zero-order valence-electron chi connectivity index (χ0n) is 8.71. The van der Waals surface area contributed by atoms with Crippen molar-refractivity contribution in [1.29, 1.82) is 5.26 Å². The molecular weight excluding hydrogens is 174 g/mol. The molecule has 0 radical (unpaired) electrons. The smallest absolute Gasteiger partial charge is 0.0675 e. The van der Waals surface area contributed by atoms with Gasteiger partial charge in [-0.25, -0.2) is 0 Å². The average Bonchev–Trinajstić information content (AvgIpc) is 2.16. The molecular formula is C11H19N3. The van der Waals surface area contributed by atoms with Crippen LogP contribution in [0.2, 0.25) is 0 Å². The molecule has 1 aliphatic heterocycles. The normalized spacial score (nSPS) is 31.0. The van der Waals surface area contributed by atoms with E-state index in [1.807, 2.05) is 0 Å². The molecule has 2 N–H and O–H groups in total. The van der Waals surface area contributed by atoms with Crippen molar-refractivity contribution in [3.8, 4) is 6.07 Å². The minimum Gasteiger partial charge on any atom is -0.329 e. The van der Waals surface area contributed by atoms with Gasteiger partial charge in [-0.3, -0.25) is 0 Å². The van der Waals surface area contributed by atoms with E-state index in [2.05, 4.69) is 11.0 Å². The van der Waals surface area contributed by atoms with Crippen LogP contribution < -0.4 is 5.73 Å². The molecule has 1 atom stereocenters. The van der Waals surface area contributed by atoms with Crippen LogP contribution in [0.15, 0.2) is 0 Å². The third kappa shape index (κ3) is 1.53. The molecule has 2 rings (SSSR count). The highest BCUT2D eigenvalue weighted by Crippen LogP contribution is 2.51. The summed E-state index contributed by atoms with van der Waals surface area (Å²) in [4.78, 5) is 2.34. The van der Waals surface area contributed by atoms with Crippen LogP contribution in [0.4, 0.5) is 0 Å². The molecule has 2 fully saturated rings. The molecule has 14 heavy (non-hydrogen) atoms. The first-order chi connectivity index (χ1) is 6.80. The standard InChI is InChI=1S/C11H19N3/c12-5-7-14-6-4-11(2-1-3-11)10(8-13)9-14/h10H,1-7,9,12H2. The molecule has 2 aliphatic rings. The second kappa shape index (κ2) is 3.88. The molecule has 0 aromatic heterocycles. The van der Waals surface area contributed by atoms with Gasteiger partial charge >= 0.3 is 0 Å². The second-order valence-corrected chi connectivity index (χ2v) is 4.74. The van der Waals surface area contributed by atoms with Crippen molar-refractivity contribution in [2.24, 2.45) is 17.1 Å². The Hall–Kier alpha value is -0.590. The van der Waals surface area contributed by atoms with Crippen molar-refractivity contribution in [2.75, 3.05) is 26.2 Å². The summed E-state index contributed by atoms with van der Waals surface area (Å²) in [5, 5.41) is 9.17. The van der Waals surface area contributed by atoms with Crippen molar-refractivity contribution in [2.45, 2.75) is 25.7 Å². The third-order valence-electron chi connectivity index (χ3n) is 4.06. The van der Waals surface area contributed by atoms with Crippen molar-refractivity contribution in [3.63, 3.8) is 0 Å². The maximum Gasteiger partial charge on any atom is 0.0675 e. The van der Waals surface area contributed by atoms with Crippen LogP contribution in [0.1, 0.15) is 25.7 Å². The summed E-state index contributed by atoms with van der Waals surface area (Å²) in [6.45, 7) is 3.77. The number of hydrogen-bond donors (Lipinski definition) is 1. The molecule has 1 heterocycles. The molecule has 0 amide bonds. The molecule has 1 saturated heterocycles. The highest BCUT2D eigenvalue weighted by Gasteiger charge is 2.46. The minimum atomic E-state index is 0.261. The molecule has 78 valence electrons. The van der Waals surface area contributed by atoms with Crippen molar-refractivity contribution < 1.29 is 0 Å². The lowest BCUT2D eigenvalue weighted by Gasteiger charge is -2.51. The summed E-state index contributed by atoms with van der Waals surface area (Å²) < 4.78 is 0. The van der Waals surface area contributed by atoms with Gasteiger partial charge in [-0.2, -0.15) is 5.26 Å². The molecule has 1 saturated carbocycles. The monoisotopic (exact) mass is 193 g/mol. The van der Waals surface area contributed by atoms with Crippen LogP contribution in [0, 0.1) is 22.7 Å². The third-order valence-corrected chi connectivity index (χ3v) is 4.06. The second-order valence-electron chi connectivity index (χ2n) is 4.74. The first kappa shape index (κ1) is 9.95. The van der Waals surface area contributed by atoms with E-state index in [-0.39, 0.29) is 5.92 Å². The van der Waals surface area contributed by atoms with E-state index in [0.717, 1.165) is 19.6 Å². The maximum absolute atomic E-state index is 9.17. The number of rotatable bonds is 2. The zero-order chi connectivity index (χ0) is 10.0. The van der Waals surface area contributed by atoms with Gasteiger partial charge in [-0.15, -0.1) is 0 Å². The van der Waals surface area contributed by atoms with Crippen LogP contribution in [0.3, 0.4) is 0 Å². The Kier molecular flexibility index (Phi) is 2.76. The molecule has 3 nitrogen and oxygen atoms in total. The summed E-state index contributed by atoms with van der Waals surface area (Å²) >= 11 is 0. The predicted octanol–water partition coefficient (Wildman–Crippen LogP) is 0.961. The fourth-order valence-corrected chi connectivity index (χ4v) is 2.89. The summed E-state index contributed by atoms with van der Waals surface area (Å²) in [5.41, 5.74) is 5.94. The fourth-order valence-electron chi connectivity index (χ4n) is 2.89. The first-order valence-electron chi connectivity index (χ1n) is 5.63. The van der Waals surface area contributed by atoms with Crippen LogP contribution in [0.5, 0.6) is 0 Å². The van der Waals surface area contributed by atoms with E-state index in [0.29, 0.717) is 12.0 Å². The Morgan fingerprint density at radius 2 is 2.21 bits per heavy atom. The number of piperidine rings is 1. The van der Waals surface area contributed by atoms with Crippen LogP contribution in [-0.2, 0) is 0 Å². The molecule has 0 aromatic carbocycles. The first-order valence-corrected chi connectivity index (χ1v) is 5.63. The Bertz CT molecular complexity index is 239. The van der Waals surface area contributed by atoms with Crippen molar-refractivity contribution in [1.82, 2.24) is 4.90 Å². The number of nitrogens with zero attached hydrogens (tertiary/aromatic N) is 2. The quantitative estimate of drug-likeness (QED) is 0.710. The lowest BCUT2D eigenvalue weighted by molar-refractivity contribution is -0.00293. The van der Waals surface area contributed by atoms with Gasteiger partial charge in [-0.1, -0.05) is 6.42 Å². The Morgan fingerprint density at radius 3 is 2.71 bits per heavy atom. The molecule has 0 aromatic rings. The van der Waals surface area contributed by atoms with Gasteiger partial charge in [-0.05, 0) is 31.2 Å². The van der Waals surface area contributed by atoms with Crippen LogP contribution >= 0.6 is 0 Å². The summed E-state index contributed by atoms with van der Waals surface area (Å²) in [6.07, 6.45) is 5.10. The average molecular weight is 193 g/mol. The molecule has 1 spiro atoms. The summed E-state index contributed by atoms with van der Waals surface area (Å²) in [7, 11) is 0. The van der Waals surface area contributed by atoms with E-state index >= 15 is 0 Å². The summed E-state index contributed by atoms with van der Waals surface area (Å²) in [6, 6.07) is 2.50. The number of hydrogen-bond acceptors (Lipinski definition) is 3. The summed E-state index contributed by atoms with van der Waals surface area (Å²) in [5.74, 6) is 0.261. The van der Waals surface area contributed by atoms with Gasteiger partial charge in [0.2, 0.25) is 0 Å². The lowest BCUT2D eigenvalue weighted by Crippen LogP contribution is -2.51. The van der Waals surface area contributed by atoms with Crippen LogP contribution in [0.25, 0.3) is 0 Å². The Labute approximate surface area is 85.9 Å². The van der Waals surface area contributed by atoms with Crippen molar-refractivity contribution in [3.05, 3.63) is 0 Å². The predicted molar refractivity (Wildman–Crippen MR) is 55.5 cm³/mol. The highest BCUT2D eigenvalue weighted by atomic mass is 15.1. The van der Waals surface area contributed by atoms with Gasteiger partial charge < -0.3 is 10.6 Å². The Balaban J connectivity index is 1.97. The van der Waals surface area contributed by atoms with Crippen molar-refractivity contribution >= 4 is 0 Å². The van der Waals surface area contributed by atoms with Gasteiger partial charge in [0.1, 0.15) is 0 Å². The lowest BCUT2D eigenvalue weighted by atomic mass is 9.58. The molecule has 1 aliphatic carbocycles. The number of nitriles is 1. The Morgan fingerprint density at radius 1 is 1.43 bits per heavy atom. The number of likely N-dealkylation sites (tertiary alicyclic amines) is 1. The van der Waals surface area contributed by atoms with Gasteiger partial charge in [0.15, 0.2) is 0 Å². The molecule has 0 bridgehead atoms. The number of nitrogens with two attached hydrogens (primary N) is 1. The highest BCUT2D eigenvalue weighted by molar-refractivity contribution is 5.06. The van der Waals surface area contributed by atoms with E-state index < -0.39 is 0 Å². The minimum absolute atomic E-state index is 0.261.